The highest BCUT2D eigenvalue weighted by atomic mass is 16.2. The zero-order valence-electron chi connectivity index (χ0n) is 14.5. The van der Waals surface area contributed by atoms with Crippen LogP contribution in [0, 0.1) is 11.8 Å². The van der Waals surface area contributed by atoms with Gasteiger partial charge in [0.15, 0.2) is 0 Å². The van der Waals surface area contributed by atoms with Crippen LogP contribution in [0.3, 0.4) is 0 Å². The Morgan fingerprint density at radius 1 is 1.09 bits per heavy atom. The Kier molecular flexibility index (Phi) is 7.86. The van der Waals surface area contributed by atoms with E-state index in [0.29, 0.717) is 24.8 Å². The number of carbonyl (C=O) groups is 2. The molecule has 0 spiro atoms. The minimum atomic E-state index is -0.435. The third-order valence-corrected chi connectivity index (χ3v) is 5.22. The van der Waals surface area contributed by atoms with Gasteiger partial charge in [0.05, 0.1) is 0 Å². The second-order valence-electron chi connectivity index (χ2n) is 7.29. The fourth-order valence-corrected chi connectivity index (χ4v) is 3.74. The van der Waals surface area contributed by atoms with Gasteiger partial charge in [-0.1, -0.05) is 19.3 Å². The van der Waals surface area contributed by atoms with Gasteiger partial charge in [-0.15, -0.1) is 0 Å². The van der Waals surface area contributed by atoms with Crippen molar-refractivity contribution in [3.63, 3.8) is 0 Å². The first kappa shape index (κ1) is 18.2. The summed E-state index contributed by atoms with van der Waals surface area (Å²) in [6, 6.07) is -0.435. The summed E-state index contributed by atoms with van der Waals surface area (Å²) in [5.74, 6) is 1.14. The molecular formula is C18H33N3O2. The Hall–Kier alpha value is -1.10. The van der Waals surface area contributed by atoms with Crippen LogP contribution in [0.15, 0.2) is 0 Å². The molecule has 2 aliphatic rings. The van der Waals surface area contributed by atoms with Crippen LogP contribution < -0.4 is 16.0 Å². The number of hydrogen-bond acceptors (Lipinski definition) is 3. The lowest BCUT2D eigenvalue weighted by molar-refractivity contribution is -0.129. The molecule has 132 valence electrons. The van der Waals surface area contributed by atoms with Gasteiger partial charge in [0.2, 0.25) is 11.8 Å². The predicted octanol–water partition coefficient (Wildman–Crippen LogP) is 1.97. The first-order valence-electron chi connectivity index (χ1n) is 9.43. The maximum Gasteiger partial charge on any atom is 0.242 e. The molecule has 3 N–H and O–H groups in total. The quantitative estimate of drug-likeness (QED) is 0.671. The molecule has 0 radical (unpaired) electrons. The van der Waals surface area contributed by atoms with Crippen LogP contribution in [0.1, 0.15) is 64.7 Å². The molecule has 0 bridgehead atoms. The molecule has 5 heteroatoms. The van der Waals surface area contributed by atoms with Crippen molar-refractivity contribution in [1.82, 2.24) is 16.0 Å². The summed E-state index contributed by atoms with van der Waals surface area (Å²) >= 11 is 0. The van der Waals surface area contributed by atoms with Crippen molar-refractivity contribution in [2.45, 2.75) is 70.8 Å². The van der Waals surface area contributed by atoms with Crippen molar-refractivity contribution in [2.24, 2.45) is 11.8 Å². The van der Waals surface area contributed by atoms with Crippen LogP contribution >= 0.6 is 0 Å². The average Bonchev–Trinajstić information content (AvgIpc) is 2.56. The number of nitrogens with one attached hydrogen (secondary N) is 3. The lowest BCUT2D eigenvalue weighted by Crippen LogP contribution is -2.45. The van der Waals surface area contributed by atoms with E-state index in [0.717, 1.165) is 32.4 Å². The highest BCUT2D eigenvalue weighted by molar-refractivity contribution is 5.87. The monoisotopic (exact) mass is 323 g/mol. The smallest absolute Gasteiger partial charge is 0.242 e. The Balaban J connectivity index is 1.58. The fourth-order valence-electron chi connectivity index (χ4n) is 3.74. The minimum Gasteiger partial charge on any atom is -0.354 e. The van der Waals surface area contributed by atoms with E-state index in [9.17, 15) is 9.59 Å². The molecule has 1 aliphatic carbocycles. The number of hydrogen-bond donors (Lipinski definition) is 3. The Morgan fingerprint density at radius 3 is 2.52 bits per heavy atom. The van der Waals surface area contributed by atoms with Gasteiger partial charge in [0, 0.05) is 13.0 Å². The first-order valence-corrected chi connectivity index (χ1v) is 9.43. The van der Waals surface area contributed by atoms with E-state index >= 15 is 0 Å². The standard InChI is InChI=1S/C18H33N3O2/c1-14(21-17(22)12-15-6-3-2-4-7-15)18(23)20-11-9-16-8-5-10-19-13-16/h14-16,19H,2-13H2,1H3,(H,20,23)(H,21,22). The number of piperidine rings is 1. The lowest BCUT2D eigenvalue weighted by Gasteiger charge is -2.23. The van der Waals surface area contributed by atoms with E-state index in [4.69, 9.17) is 0 Å². The molecule has 1 saturated carbocycles. The van der Waals surface area contributed by atoms with Crippen LogP contribution in [-0.4, -0.2) is 37.5 Å². The van der Waals surface area contributed by atoms with Crippen LogP contribution in [-0.2, 0) is 9.59 Å². The second kappa shape index (κ2) is 9.91. The highest BCUT2D eigenvalue weighted by Crippen LogP contribution is 2.26. The number of rotatable bonds is 7. The number of carbonyl (C=O) groups excluding carboxylic acids is 2. The third kappa shape index (κ3) is 6.90. The van der Waals surface area contributed by atoms with Gasteiger partial charge in [-0.3, -0.25) is 9.59 Å². The summed E-state index contributed by atoms with van der Waals surface area (Å²) in [4.78, 5) is 24.1. The van der Waals surface area contributed by atoms with Gasteiger partial charge in [0.1, 0.15) is 6.04 Å². The molecule has 2 atom stereocenters. The molecule has 1 heterocycles. The van der Waals surface area contributed by atoms with Crippen molar-refractivity contribution in [3.05, 3.63) is 0 Å². The molecular weight excluding hydrogens is 290 g/mol. The van der Waals surface area contributed by atoms with E-state index in [1.54, 1.807) is 6.92 Å². The summed E-state index contributed by atoms with van der Waals surface area (Å²) in [7, 11) is 0. The Labute approximate surface area is 140 Å². The lowest BCUT2D eigenvalue weighted by atomic mass is 9.87. The Bertz CT molecular complexity index is 374. The van der Waals surface area contributed by atoms with E-state index in [1.165, 1.54) is 32.1 Å². The summed E-state index contributed by atoms with van der Waals surface area (Å²) in [6.07, 6.45) is 10.2. The molecule has 2 fully saturated rings. The average molecular weight is 323 g/mol. The second-order valence-corrected chi connectivity index (χ2v) is 7.29. The van der Waals surface area contributed by atoms with Crippen LogP contribution in [0.2, 0.25) is 0 Å². The molecule has 0 aromatic rings. The van der Waals surface area contributed by atoms with Crippen LogP contribution in [0.25, 0.3) is 0 Å². The molecule has 2 unspecified atom stereocenters. The maximum absolute atomic E-state index is 12.1. The SMILES string of the molecule is CC(NC(=O)CC1CCCCC1)C(=O)NCCC1CCCNC1. The third-order valence-electron chi connectivity index (χ3n) is 5.22. The number of amides is 2. The Morgan fingerprint density at radius 2 is 1.83 bits per heavy atom. The van der Waals surface area contributed by atoms with Crippen molar-refractivity contribution >= 4 is 11.8 Å². The van der Waals surface area contributed by atoms with Crippen molar-refractivity contribution in [1.29, 1.82) is 0 Å². The van der Waals surface area contributed by atoms with Gasteiger partial charge >= 0.3 is 0 Å². The molecule has 1 aliphatic heterocycles. The van der Waals surface area contributed by atoms with E-state index in [1.807, 2.05) is 0 Å². The molecule has 23 heavy (non-hydrogen) atoms. The van der Waals surface area contributed by atoms with E-state index in [-0.39, 0.29) is 11.8 Å². The van der Waals surface area contributed by atoms with Crippen LogP contribution in [0.4, 0.5) is 0 Å². The molecule has 2 amide bonds. The topological polar surface area (TPSA) is 70.2 Å². The predicted molar refractivity (Wildman–Crippen MR) is 92.0 cm³/mol. The van der Waals surface area contributed by atoms with Crippen molar-refractivity contribution < 1.29 is 9.59 Å². The van der Waals surface area contributed by atoms with Crippen molar-refractivity contribution in [2.75, 3.05) is 19.6 Å². The first-order chi connectivity index (χ1) is 11.1. The van der Waals surface area contributed by atoms with Gasteiger partial charge in [0.25, 0.3) is 0 Å². The van der Waals surface area contributed by atoms with Gasteiger partial charge < -0.3 is 16.0 Å². The molecule has 0 aromatic heterocycles. The zero-order valence-corrected chi connectivity index (χ0v) is 14.5. The highest BCUT2D eigenvalue weighted by Gasteiger charge is 2.20. The van der Waals surface area contributed by atoms with Crippen LogP contribution in [0.5, 0.6) is 0 Å². The summed E-state index contributed by atoms with van der Waals surface area (Å²) in [6.45, 7) is 4.65. The van der Waals surface area contributed by atoms with Gasteiger partial charge in [-0.2, -0.15) is 0 Å². The molecule has 1 saturated heterocycles. The van der Waals surface area contributed by atoms with E-state index < -0.39 is 6.04 Å². The molecule has 5 nitrogen and oxygen atoms in total. The maximum atomic E-state index is 12.1. The fraction of sp³-hybridized carbons (Fsp3) is 0.889. The summed E-state index contributed by atoms with van der Waals surface area (Å²) in [5.41, 5.74) is 0. The largest absolute Gasteiger partial charge is 0.354 e. The zero-order chi connectivity index (χ0) is 16.5. The molecule has 2 rings (SSSR count). The normalized spacial score (nSPS) is 24.0. The summed E-state index contributed by atoms with van der Waals surface area (Å²) in [5, 5.41) is 9.20. The minimum absolute atomic E-state index is 0.0241. The van der Waals surface area contributed by atoms with E-state index in [2.05, 4.69) is 16.0 Å². The molecule has 0 aromatic carbocycles. The van der Waals surface area contributed by atoms with Crippen molar-refractivity contribution in [3.8, 4) is 0 Å². The van der Waals surface area contributed by atoms with Gasteiger partial charge in [-0.05, 0) is 64.0 Å². The summed E-state index contributed by atoms with van der Waals surface area (Å²) < 4.78 is 0. The van der Waals surface area contributed by atoms with Gasteiger partial charge in [-0.25, -0.2) is 0 Å².